The summed E-state index contributed by atoms with van der Waals surface area (Å²) in [6.07, 6.45) is 5.60. The van der Waals surface area contributed by atoms with Crippen LogP contribution in [0.2, 0.25) is 0 Å². The molecule has 0 aliphatic carbocycles. The van der Waals surface area contributed by atoms with Crippen LogP contribution in [-0.4, -0.2) is 18.2 Å². The molecular formula is C9H10O3. The van der Waals surface area contributed by atoms with E-state index in [1.54, 1.807) is 6.08 Å². The zero-order valence-electron chi connectivity index (χ0n) is 6.82. The summed E-state index contributed by atoms with van der Waals surface area (Å²) >= 11 is 0. The molecule has 0 aromatic rings. The fraction of sp³-hybridized carbons (Fsp3) is 0.333. The summed E-state index contributed by atoms with van der Waals surface area (Å²) in [4.78, 5) is 20.8. The van der Waals surface area contributed by atoms with Crippen LogP contribution < -0.4 is 0 Å². The summed E-state index contributed by atoms with van der Waals surface area (Å²) in [6.45, 7) is 1.48. The van der Waals surface area contributed by atoms with Crippen LogP contribution >= 0.6 is 0 Å². The molecule has 0 aromatic heterocycles. The lowest BCUT2D eigenvalue weighted by Gasteiger charge is -1.96. The second-order valence-corrected chi connectivity index (χ2v) is 2.65. The van der Waals surface area contributed by atoms with Gasteiger partial charge in [0, 0.05) is 6.42 Å². The quantitative estimate of drug-likeness (QED) is 0.464. The van der Waals surface area contributed by atoms with Crippen LogP contribution in [0, 0.1) is 0 Å². The summed E-state index contributed by atoms with van der Waals surface area (Å²) in [6, 6.07) is 0. The summed E-state index contributed by atoms with van der Waals surface area (Å²) in [5.74, 6) is -0.00884. The monoisotopic (exact) mass is 166 g/mol. The van der Waals surface area contributed by atoms with Crippen molar-refractivity contribution < 1.29 is 14.3 Å². The van der Waals surface area contributed by atoms with Gasteiger partial charge >= 0.3 is 0 Å². The van der Waals surface area contributed by atoms with Crippen LogP contribution in [0.15, 0.2) is 24.0 Å². The summed E-state index contributed by atoms with van der Waals surface area (Å²) < 4.78 is 4.95. The van der Waals surface area contributed by atoms with Gasteiger partial charge in [-0.3, -0.25) is 9.59 Å². The first-order valence-corrected chi connectivity index (χ1v) is 3.71. The van der Waals surface area contributed by atoms with E-state index in [0.29, 0.717) is 6.42 Å². The average molecular weight is 166 g/mol. The molecule has 64 valence electrons. The van der Waals surface area contributed by atoms with Gasteiger partial charge in [0.1, 0.15) is 0 Å². The highest BCUT2D eigenvalue weighted by Gasteiger charge is 2.14. The van der Waals surface area contributed by atoms with Gasteiger partial charge in [0.25, 0.3) is 0 Å². The van der Waals surface area contributed by atoms with E-state index in [1.165, 1.54) is 19.3 Å². The van der Waals surface area contributed by atoms with Gasteiger partial charge in [-0.25, -0.2) is 0 Å². The van der Waals surface area contributed by atoms with Gasteiger partial charge in [-0.1, -0.05) is 6.08 Å². The normalized spacial score (nSPS) is 22.1. The van der Waals surface area contributed by atoms with Gasteiger partial charge in [-0.05, 0) is 18.6 Å². The fourth-order valence-electron chi connectivity index (χ4n) is 0.915. The minimum absolute atomic E-state index is 0.00884. The second kappa shape index (κ2) is 3.85. The van der Waals surface area contributed by atoms with Gasteiger partial charge < -0.3 is 4.74 Å². The minimum Gasteiger partial charge on any atom is -0.490 e. The Bertz CT molecular complexity index is 250. The van der Waals surface area contributed by atoms with Crippen LogP contribution in [-0.2, 0) is 14.3 Å². The highest BCUT2D eigenvalue weighted by molar-refractivity contribution is 5.87. The minimum atomic E-state index is -0.364. The van der Waals surface area contributed by atoms with E-state index >= 15 is 0 Å². The molecule has 3 heteroatoms. The molecule has 0 aromatic carbocycles. The van der Waals surface area contributed by atoms with Crippen molar-refractivity contribution in [1.29, 1.82) is 0 Å². The smallest absolute Gasteiger partial charge is 0.160 e. The van der Waals surface area contributed by atoms with Gasteiger partial charge in [0.15, 0.2) is 18.2 Å². The summed E-state index contributed by atoms with van der Waals surface area (Å²) in [5, 5.41) is 0. The average Bonchev–Trinajstić information content (AvgIpc) is 2.48. The van der Waals surface area contributed by atoms with E-state index in [-0.39, 0.29) is 11.9 Å². The summed E-state index contributed by atoms with van der Waals surface area (Å²) in [5.41, 5.74) is 0.877. The zero-order chi connectivity index (χ0) is 8.97. The Morgan fingerprint density at radius 2 is 2.50 bits per heavy atom. The lowest BCUT2D eigenvalue weighted by atomic mass is 10.1. The van der Waals surface area contributed by atoms with E-state index < -0.39 is 0 Å². The molecule has 0 saturated carbocycles. The molecule has 1 aliphatic heterocycles. The molecule has 0 N–H and O–H groups in total. The Morgan fingerprint density at radius 1 is 1.75 bits per heavy atom. The number of carbonyl (C=O) groups excluding carboxylic acids is 2. The zero-order valence-corrected chi connectivity index (χ0v) is 6.82. The number of ether oxygens (including phenoxy) is 1. The maximum absolute atomic E-state index is 10.5. The number of rotatable bonds is 3. The SMILES string of the molecule is CC(=O)/C=C/C1=CO[C@@H](C=O)C1. The van der Waals surface area contributed by atoms with Crippen molar-refractivity contribution in [2.24, 2.45) is 0 Å². The molecule has 0 amide bonds. The molecule has 0 saturated heterocycles. The molecule has 0 spiro atoms. The lowest BCUT2D eigenvalue weighted by molar-refractivity contribution is -0.114. The molecule has 1 atom stereocenters. The molecular weight excluding hydrogens is 156 g/mol. The van der Waals surface area contributed by atoms with E-state index in [9.17, 15) is 9.59 Å². The topological polar surface area (TPSA) is 43.4 Å². The largest absolute Gasteiger partial charge is 0.490 e. The third kappa shape index (κ3) is 2.34. The van der Waals surface area contributed by atoms with Crippen molar-refractivity contribution in [2.45, 2.75) is 19.4 Å². The highest BCUT2D eigenvalue weighted by Crippen LogP contribution is 2.16. The van der Waals surface area contributed by atoms with E-state index in [4.69, 9.17) is 4.74 Å². The predicted molar refractivity (Wildman–Crippen MR) is 43.5 cm³/mol. The van der Waals surface area contributed by atoms with Crippen LogP contribution in [0.1, 0.15) is 13.3 Å². The molecule has 1 heterocycles. The van der Waals surface area contributed by atoms with Gasteiger partial charge in [0.05, 0.1) is 6.26 Å². The van der Waals surface area contributed by atoms with Gasteiger partial charge in [-0.15, -0.1) is 0 Å². The molecule has 12 heavy (non-hydrogen) atoms. The molecule has 0 fully saturated rings. The molecule has 0 radical (unpaired) electrons. The number of hydrogen-bond donors (Lipinski definition) is 0. The van der Waals surface area contributed by atoms with Crippen molar-refractivity contribution >= 4 is 12.1 Å². The number of carbonyl (C=O) groups is 2. The van der Waals surface area contributed by atoms with Crippen molar-refractivity contribution in [1.82, 2.24) is 0 Å². The molecule has 0 unspecified atom stereocenters. The first-order chi connectivity index (χ1) is 5.72. The summed E-state index contributed by atoms with van der Waals surface area (Å²) in [7, 11) is 0. The van der Waals surface area contributed by atoms with E-state index in [1.807, 2.05) is 0 Å². The molecule has 1 rings (SSSR count). The van der Waals surface area contributed by atoms with Crippen molar-refractivity contribution in [3.63, 3.8) is 0 Å². The Morgan fingerprint density at radius 3 is 3.00 bits per heavy atom. The third-order valence-electron chi connectivity index (χ3n) is 1.51. The van der Waals surface area contributed by atoms with Crippen molar-refractivity contribution in [3.8, 4) is 0 Å². The number of aldehydes is 1. The standard InChI is InChI=1S/C9H10O3/c1-7(11)2-3-8-4-9(5-10)12-6-8/h2-3,5-6,9H,4H2,1H3/b3-2+/t9-/m1/s1. The molecule has 1 aliphatic rings. The van der Waals surface area contributed by atoms with Gasteiger partial charge in [-0.2, -0.15) is 0 Å². The van der Waals surface area contributed by atoms with E-state index in [0.717, 1.165) is 11.9 Å². The maximum atomic E-state index is 10.5. The van der Waals surface area contributed by atoms with Crippen LogP contribution in [0.3, 0.4) is 0 Å². The second-order valence-electron chi connectivity index (χ2n) is 2.65. The lowest BCUT2D eigenvalue weighted by Crippen LogP contribution is -2.05. The van der Waals surface area contributed by atoms with Crippen molar-refractivity contribution in [2.75, 3.05) is 0 Å². The predicted octanol–water partition coefficient (Wildman–Crippen LogP) is 1.00. The number of allylic oxidation sites excluding steroid dienone is 2. The van der Waals surface area contributed by atoms with Crippen LogP contribution in [0.5, 0.6) is 0 Å². The Hall–Kier alpha value is -1.38. The number of ketones is 1. The first-order valence-electron chi connectivity index (χ1n) is 3.71. The van der Waals surface area contributed by atoms with Crippen molar-refractivity contribution in [3.05, 3.63) is 24.0 Å². The maximum Gasteiger partial charge on any atom is 0.160 e. The van der Waals surface area contributed by atoms with E-state index in [2.05, 4.69) is 0 Å². The molecule has 0 bridgehead atoms. The third-order valence-corrected chi connectivity index (χ3v) is 1.51. The Kier molecular flexibility index (Phi) is 2.80. The van der Waals surface area contributed by atoms with Crippen LogP contribution in [0.4, 0.5) is 0 Å². The Labute approximate surface area is 70.7 Å². The number of hydrogen-bond acceptors (Lipinski definition) is 3. The molecule has 3 nitrogen and oxygen atoms in total. The van der Waals surface area contributed by atoms with Crippen LogP contribution in [0.25, 0.3) is 0 Å². The Balaban J connectivity index is 2.46. The highest BCUT2D eigenvalue weighted by atomic mass is 16.5. The van der Waals surface area contributed by atoms with Gasteiger partial charge in [0.2, 0.25) is 0 Å². The fourth-order valence-corrected chi connectivity index (χ4v) is 0.915. The first kappa shape index (κ1) is 8.71.